The summed E-state index contributed by atoms with van der Waals surface area (Å²) in [6.45, 7) is 0.727. The molecule has 1 saturated heterocycles. The molecule has 2 aliphatic rings. The number of aliphatic hydroxyl groups excluding tert-OH is 1. The molecule has 2 aromatic rings. The van der Waals surface area contributed by atoms with Crippen LogP contribution in [0.4, 0.5) is 0 Å². The van der Waals surface area contributed by atoms with Crippen molar-refractivity contribution in [1.82, 2.24) is 9.55 Å². The lowest BCUT2D eigenvalue weighted by molar-refractivity contribution is 0.0175. The Bertz CT molecular complexity index is 622. The Balaban J connectivity index is 1.78. The smallest absolute Gasteiger partial charge is 0.0957 e. The van der Waals surface area contributed by atoms with Crippen molar-refractivity contribution in [3.63, 3.8) is 0 Å². The van der Waals surface area contributed by atoms with Crippen molar-refractivity contribution < 1.29 is 9.84 Å². The van der Waals surface area contributed by atoms with Gasteiger partial charge in [0, 0.05) is 18.6 Å². The first-order chi connectivity index (χ1) is 9.84. The molecule has 4 nitrogen and oxygen atoms in total. The third-order valence-electron chi connectivity index (χ3n) is 4.39. The maximum atomic E-state index is 10.1. The van der Waals surface area contributed by atoms with Crippen LogP contribution in [0, 0.1) is 0 Å². The molecule has 0 saturated carbocycles. The van der Waals surface area contributed by atoms with Crippen LogP contribution >= 0.6 is 0 Å². The van der Waals surface area contributed by atoms with E-state index in [0.717, 1.165) is 25.1 Å². The summed E-state index contributed by atoms with van der Waals surface area (Å²) >= 11 is 0. The van der Waals surface area contributed by atoms with Crippen molar-refractivity contribution in [2.45, 2.75) is 37.5 Å². The third-order valence-corrected chi connectivity index (χ3v) is 4.39. The molecule has 20 heavy (non-hydrogen) atoms. The SMILES string of the molecule is OC1CCCOC([C@@H]2c3ccccc3-c3cncn32)C1. The van der Waals surface area contributed by atoms with Gasteiger partial charge in [-0.15, -0.1) is 0 Å². The molecule has 2 aliphatic heterocycles. The molecule has 3 atom stereocenters. The molecule has 3 heterocycles. The summed E-state index contributed by atoms with van der Waals surface area (Å²) in [7, 11) is 0. The lowest BCUT2D eigenvalue weighted by atomic mass is 9.95. The molecule has 4 rings (SSSR count). The molecular formula is C16H18N2O2. The normalized spacial score (nSPS) is 28.8. The molecular weight excluding hydrogens is 252 g/mol. The fourth-order valence-corrected chi connectivity index (χ4v) is 3.48. The number of ether oxygens (including phenoxy) is 1. The Morgan fingerprint density at radius 1 is 1.30 bits per heavy atom. The van der Waals surface area contributed by atoms with E-state index in [0.29, 0.717) is 6.42 Å². The van der Waals surface area contributed by atoms with E-state index in [1.807, 2.05) is 12.5 Å². The Morgan fingerprint density at radius 3 is 3.15 bits per heavy atom. The Morgan fingerprint density at radius 2 is 2.20 bits per heavy atom. The average molecular weight is 270 g/mol. The van der Waals surface area contributed by atoms with Gasteiger partial charge in [0.25, 0.3) is 0 Å². The first-order valence-electron chi connectivity index (χ1n) is 7.25. The summed E-state index contributed by atoms with van der Waals surface area (Å²) < 4.78 is 8.22. The van der Waals surface area contributed by atoms with E-state index < -0.39 is 0 Å². The Labute approximate surface area is 118 Å². The van der Waals surface area contributed by atoms with Crippen molar-refractivity contribution in [2.75, 3.05) is 6.61 Å². The van der Waals surface area contributed by atoms with Gasteiger partial charge in [0.2, 0.25) is 0 Å². The van der Waals surface area contributed by atoms with E-state index in [1.54, 1.807) is 0 Å². The molecule has 1 aromatic heterocycles. The van der Waals surface area contributed by atoms with Gasteiger partial charge in [0.1, 0.15) is 0 Å². The van der Waals surface area contributed by atoms with Gasteiger partial charge in [-0.05, 0) is 18.4 Å². The quantitative estimate of drug-likeness (QED) is 0.865. The highest BCUT2D eigenvalue weighted by Gasteiger charge is 2.36. The minimum Gasteiger partial charge on any atom is -0.393 e. The number of nitrogens with zero attached hydrogens (tertiary/aromatic N) is 2. The van der Waals surface area contributed by atoms with Gasteiger partial charge in [-0.2, -0.15) is 0 Å². The zero-order valence-electron chi connectivity index (χ0n) is 11.3. The topological polar surface area (TPSA) is 47.3 Å². The number of aromatic nitrogens is 2. The van der Waals surface area contributed by atoms with E-state index in [4.69, 9.17) is 4.74 Å². The third kappa shape index (κ3) is 1.79. The Hall–Kier alpha value is -1.65. The van der Waals surface area contributed by atoms with Gasteiger partial charge >= 0.3 is 0 Å². The van der Waals surface area contributed by atoms with Crippen molar-refractivity contribution in [3.8, 4) is 11.3 Å². The van der Waals surface area contributed by atoms with Gasteiger partial charge in [-0.3, -0.25) is 0 Å². The van der Waals surface area contributed by atoms with E-state index in [9.17, 15) is 5.11 Å². The van der Waals surface area contributed by atoms with Crippen LogP contribution in [-0.4, -0.2) is 33.5 Å². The minimum atomic E-state index is -0.262. The second kappa shape index (κ2) is 4.72. The highest BCUT2D eigenvalue weighted by atomic mass is 16.5. The molecule has 1 N–H and O–H groups in total. The maximum Gasteiger partial charge on any atom is 0.0957 e. The van der Waals surface area contributed by atoms with Crippen LogP contribution in [0.5, 0.6) is 0 Å². The van der Waals surface area contributed by atoms with Crippen LogP contribution in [-0.2, 0) is 4.74 Å². The van der Waals surface area contributed by atoms with Crippen LogP contribution in [0.2, 0.25) is 0 Å². The fraction of sp³-hybridized carbons (Fsp3) is 0.438. The van der Waals surface area contributed by atoms with E-state index in [-0.39, 0.29) is 18.2 Å². The Kier molecular flexibility index (Phi) is 2.86. The highest BCUT2D eigenvalue weighted by Crippen LogP contribution is 2.42. The number of imidazole rings is 1. The second-order valence-electron chi connectivity index (χ2n) is 5.66. The summed E-state index contributed by atoms with van der Waals surface area (Å²) in [5, 5.41) is 10.1. The number of aliphatic hydroxyl groups is 1. The van der Waals surface area contributed by atoms with Crippen molar-refractivity contribution >= 4 is 0 Å². The fourth-order valence-electron chi connectivity index (χ4n) is 3.48. The van der Waals surface area contributed by atoms with Crippen molar-refractivity contribution in [1.29, 1.82) is 0 Å². The molecule has 4 heteroatoms. The molecule has 104 valence electrons. The van der Waals surface area contributed by atoms with Crippen LogP contribution < -0.4 is 0 Å². The van der Waals surface area contributed by atoms with Crippen LogP contribution in [0.1, 0.15) is 30.9 Å². The van der Waals surface area contributed by atoms with Gasteiger partial charge in [0.15, 0.2) is 0 Å². The summed E-state index contributed by atoms with van der Waals surface area (Å²) in [6.07, 6.45) is 6.00. The van der Waals surface area contributed by atoms with Crippen molar-refractivity contribution in [2.24, 2.45) is 0 Å². The first-order valence-corrected chi connectivity index (χ1v) is 7.25. The number of fused-ring (bicyclic) bond motifs is 3. The standard InChI is InChI=1S/C16H18N2O2/c19-11-4-3-7-20-15(8-11)16-13-6-2-1-5-12(13)14-9-17-10-18(14)16/h1-2,5-6,9-11,15-16,19H,3-4,7-8H2/t11?,15?,16-/m0/s1. The van der Waals surface area contributed by atoms with E-state index in [2.05, 4.69) is 33.8 Å². The molecule has 1 fully saturated rings. The van der Waals surface area contributed by atoms with Gasteiger partial charge < -0.3 is 14.4 Å². The second-order valence-corrected chi connectivity index (χ2v) is 5.66. The molecule has 1 aromatic carbocycles. The van der Waals surface area contributed by atoms with Crippen LogP contribution in [0.25, 0.3) is 11.3 Å². The lowest BCUT2D eigenvalue weighted by Gasteiger charge is -2.26. The van der Waals surface area contributed by atoms with Crippen LogP contribution in [0.3, 0.4) is 0 Å². The maximum absolute atomic E-state index is 10.1. The number of hydrogen-bond acceptors (Lipinski definition) is 3. The monoisotopic (exact) mass is 270 g/mol. The zero-order chi connectivity index (χ0) is 13.5. The molecule has 0 aliphatic carbocycles. The van der Waals surface area contributed by atoms with Crippen LogP contribution in [0.15, 0.2) is 36.8 Å². The molecule has 0 amide bonds. The van der Waals surface area contributed by atoms with E-state index >= 15 is 0 Å². The summed E-state index contributed by atoms with van der Waals surface area (Å²) in [5.74, 6) is 0. The number of rotatable bonds is 1. The highest BCUT2D eigenvalue weighted by molar-refractivity contribution is 5.69. The summed E-state index contributed by atoms with van der Waals surface area (Å²) in [5.41, 5.74) is 3.66. The molecule has 0 spiro atoms. The first kappa shape index (κ1) is 12.1. The van der Waals surface area contributed by atoms with E-state index in [1.165, 1.54) is 11.1 Å². The summed E-state index contributed by atoms with van der Waals surface area (Å²) in [4.78, 5) is 4.28. The average Bonchev–Trinajstić information content (AvgIpc) is 2.96. The molecule has 0 radical (unpaired) electrons. The largest absolute Gasteiger partial charge is 0.393 e. The molecule has 0 bridgehead atoms. The van der Waals surface area contributed by atoms with Gasteiger partial charge in [-0.25, -0.2) is 4.98 Å². The summed E-state index contributed by atoms with van der Waals surface area (Å²) in [6, 6.07) is 8.56. The van der Waals surface area contributed by atoms with Crippen molar-refractivity contribution in [3.05, 3.63) is 42.4 Å². The zero-order valence-corrected chi connectivity index (χ0v) is 11.3. The lowest BCUT2D eigenvalue weighted by Crippen LogP contribution is -2.28. The predicted octanol–water partition coefficient (Wildman–Crippen LogP) is 2.38. The number of hydrogen-bond donors (Lipinski definition) is 1. The number of benzene rings is 1. The molecule has 2 unspecified atom stereocenters. The van der Waals surface area contributed by atoms with Gasteiger partial charge in [-0.1, -0.05) is 24.3 Å². The predicted molar refractivity (Wildman–Crippen MR) is 75.4 cm³/mol. The minimum absolute atomic E-state index is 0.0177. The van der Waals surface area contributed by atoms with Gasteiger partial charge in [0.05, 0.1) is 36.5 Å².